The number of anilines is 1. The SMILES string of the molecule is CCOc1cc(NCCCC(C)C)nc(C)n1. The highest BCUT2D eigenvalue weighted by atomic mass is 16.5. The van der Waals surface area contributed by atoms with Gasteiger partial charge in [0.1, 0.15) is 11.6 Å². The molecule has 0 amide bonds. The summed E-state index contributed by atoms with van der Waals surface area (Å²) in [6.45, 7) is 9.88. The lowest BCUT2D eigenvalue weighted by Crippen LogP contribution is -2.07. The summed E-state index contributed by atoms with van der Waals surface area (Å²) in [5.41, 5.74) is 0. The second kappa shape index (κ2) is 7.09. The summed E-state index contributed by atoms with van der Waals surface area (Å²) >= 11 is 0. The Morgan fingerprint density at radius 2 is 2.12 bits per heavy atom. The largest absolute Gasteiger partial charge is 0.478 e. The fourth-order valence-electron chi connectivity index (χ4n) is 1.58. The number of rotatable bonds is 7. The lowest BCUT2D eigenvalue weighted by Gasteiger charge is -2.09. The molecule has 0 radical (unpaired) electrons. The number of hydrogen-bond acceptors (Lipinski definition) is 4. The van der Waals surface area contributed by atoms with E-state index in [2.05, 4.69) is 29.1 Å². The van der Waals surface area contributed by atoms with Gasteiger partial charge in [0, 0.05) is 12.6 Å². The van der Waals surface area contributed by atoms with E-state index in [1.54, 1.807) is 0 Å². The molecule has 0 aliphatic carbocycles. The van der Waals surface area contributed by atoms with Crippen LogP contribution in [0.5, 0.6) is 5.88 Å². The van der Waals surface area contributed by atoms with Gasteiger partial charge < -0.3 is 10.1 Å². The van der Waals surface area contributed by atoms with E-state index in [9.17, 15) is 0 Å². The van der Waals surface area contributed by atoms with Crippen LogP contribution in [0, 0.1) is 12.8 Å². The topological polar surface area (TPSA) is 47.0 Å². The van der Waals surface area contributed by atoms with Crippen LogP contribution in [0.15, 0.2) is 6.07 Å². The van der Waals surface area contributed by atoms with Gasteiger partial charge >= 0.3 is 0 Å². The van der Waals surface area contributed by atoms with Crippen LogP contribution < -0.4 is 10.1 Å². The van der Waals surface area contributed by atoms with Gasteiger partial charge in [-0.3, -0.25) is 0 Å². The van der Waals surface area contributed by atoms with Gasteiger partial charge in [-0.1, -0.05) is 13.8 Å². The fraction of sp³-hybridized carbons (Fsp3) is 0.692. The van der Waals surface area contributed by atoms with Crippen molar-refractivity contribution in [2.45, 2.75) is 40.5 Å². The summed E-state index contributed by atoms with van der Waals surface area (Å²) in [5, 5.41) is 3.31. The molecule has 0 aliphatic heterocycles. The highest BCUT2D eigenvalue weighted by Gasteiger charge is 2.02. The van der Waals surface area contributed by atoms with Gasteiger partial charge in [-0.25, -0.2) is 4.98 Å². The molecule has 1 rings (SSSR count). The van der Waals surface area contributed by atoms with Crippen LogP contribution >= 0.6 is 0 Å². The van der Waals surface area contributed by atoms with Crippen molar-refractivity contribution in [2.24, 2.45) is 5.92 Å². The first-order valence-corrected chi connectivity index (χ1v) is 6.34. The number of hydrogen-bond donors (Lipinski definition) is 1. The standard InChI is InChI=1S/C13H23N3O/c1-5-17-13-9-12(15-11(4)16-13)14-8-6-7-10(2)3/h9-10H,5-8H2,1-4H3,(H,14,15,16). The third-order valence-electron chi connectivity index (χ3n) is 2.37. The first-order valence-electron chi connectivity index (χ1n) is 6.34. The van der Waals surface area contributed by atoms with Gasteiger partial charge in [0.25, 0.3) is 0 Å². The summed E-state index contributed by atoms with van der Waals surface area (Å²) in [7, 11) is 0. The minimum absolute atomic E-state index is 0.628. The van der Waals surface area contributed by atoms with E-state index in [1.165, 1.54) is 6.42 Å². The van der Waals surface area contributed by atoms with Gasteiger partial charge in [0.05, 0.1) is 6.61 Å². The second-order valence-electron chi connectivity index (χ2n) is 4.53. The molecule has 1 heterocycles. The molecule has 1 N–H and O–H groups in total. The van der Waals surface area contributed by atoms with E-state index >= 15 is 0 Å². The Hall–Kier alpha value is -1.32. The molecule has 17 heavy (non-hydrogen) atoms. The Kier molecular flexibility index (Phi) is 5.73. The Bertz CT molecular complexity index is 339. The van der Waals surface area contributed by atoms with Gasteiger partial charge in [-0.05, 0) is 32.6 Å². The Balaban J connectivity index is 2.46. The van der Waals surface area contributed by atoms with Gasteiger partial charge in [-0.2, -0.15) is 4.98 Å². The summed E-state index contributed by atoms with van der Waals surface area (Å²) < 4.78 is 5.38. The number of ether oxygens (including phenoxy) is 1. The minimum Gasteiger partial charge on any atom is -0.478 e. The third kappa shape index (κ3) is 5.52. The summed E-state index contributed by atoms with van der Waals surface area (Å²) in [6.07, 6.45) is 2.39. The summed E-state index contributed by atoms with van der Waals surface area (Å²) in [4.78, 5) is 8.54. The van der Waals surface area contributed by atoms with E-state index in [1.807, 2.05) is 19.9 Å². The molecule has 0 spiro atoms. The van der Waals surface area contributed by atoms with E-state index in [0.29, 0.717) is 12.5 Å². The van der Waals surface area contributed by atoms with Crippen molar-refractivity contribution in [1.29, 1.82) is 0 Å². The van der Waals surface area contributed by atoms with Crippen molar-refractivity contribution < 1.29 is 4.74 Å². The zero-order valence-corrected chi connectivity index (χ0v) is 11.3. The summed E-state index contributed by atoms with van der Waals surface area (Å²) in [6, 6.07) is 1.85. The van der Waals surface area contributed by atoms with E-state index in [4.69, 9.17) is 4.74 Å². The van der Waals surface area contributed by atoms with Crippen molar-refractivity contribution in [1.82, 2.24) is 9.97 Å². The van der Waals surface area contributed by atoms with Crippen molar-refractivity contribution >= 4 is 5.82 Å². The van der Waals surface area contributed by atoms with Crippen LogP contribution in [0.3, 0.4) is 0 Å². The molecule has 4 heteroatoms. The van der Waals surface area contributed by atoms with Gasteiger partial charge in [0.2, 0.25) is 5.88 Å². The number of aryl methyl sites for hydroxylation is 1. The van der Waals surface area contributed by atoms with Crippen molar-refractivity contribution in [3.63, 3.8) is 0 Å². The average molecular weight is 237 g/mol. The number of aromatic nitrogens is 2. The van der Waals surface area contributed by atoms with Gasteiger partial charge in [-0.15, -0.1) is 0 Å². The monoisotopic (exact) mass is 237 g/mol. The molecule has 0 bridgehead atoms. The fourth-order valence-corrected chi connectivity index (χ4v) is 1.58. The molecular formula is C13H23N3O. The maximum Gasteiger partial charge on any atom is 0.218 e. The molecule has 0 unspecified atom stereocenters. The predicted octanol–water partition coefficient (Wildman–Crippen LogP) is 3.03. The smallest absolute Gasteiger partial charge is 0.218 e. The van der Waals surface area contributed by atoms with E-state index < -0.39 is 0 Å². The zero-order chi connectivity index (χ0) is 12.7. The minimum atomic E-state index is 0.628. The average Bonchev–Trinajstić information content (AvgIpc) is 2.24. The maximum atomic E-state index is 5.38. The lowest BCUT2D eigenvalue weighted by molar-refractivity contribution is 0.325. The molecule has 1 aromatic heterocycles. The number of nitrogens with one attached hydrogen (secondary N) is 1. The first-order chi connectivity index (χ1) is 8.11. The zero-order valence-electron chi connectivity index (χ0n) is 11.3. The van der Waals surface area contributed by atoms with Crippen LogP contribution in [0.4, 0.5) is 5.82 Å². The van der Waals surface area contributed by atoms with Crippen LogP contribution in [-0.4, -0.2) is 23.1 Å². The molecule has 0 aromatic carbocycles. The molecule has 0 aliphatic rings. The Morgan fingerprint density at radius 3 is 2.76 bits per heavy atom. The van der Waals surface area contributed by atoms with Crippen molar-refractivity contribution in [3.05, 3.63) is 11.9 Å². The lowest BCUT2D eigenvalue weighted by atomic mass is 10.1. The van der Waals surface area contributed by atoms with Crippen molar-refractivity contribution in [2.75, 3.05) is 18.5 Å². The van der Waals surface area contributed by atoms with E-state index in [-0.39, 0.29) is 0 Å². The summed E-state index contributed by atoms with van der Waals surface area (Å²) in [5.74, 6) is 2.99. The maximum absolute atomic E-state index is 5.38. The molecule has 0 saturated carbocycles. The highest BCUT2D eigenvalue weighted by molar-refractivity contribution is 5.38. The highest BCUT2D eigenvalue weighted by Crippen LogP contribution is 2.13. The molecule has 96 valence electrons. The van der Waals surface area contributed by atoms with Crippen LogP contribution in [-0.2, 0) is 0 Å². The molecule has 4 nitrogen and oxygen atoms in total. The second-order valence-corrected chi connectivity index (χ2v) is 4.53. The van der Waals surface area contributed by atoms with Gasteiger partial charge in [0.15, 0.2) is 0 Å². The number of nitrogens with zero attached hydrogens (tertiary/aromatic N) is 2. The third-order valence-corrected chi connectivity index (χ3v) is 2.37. The van der Waals surface area contributed by atoms with Crippen LogP contribution in [0.1, 0.15) is 39.4 Å². The normalized spacial score (nSPS) is 10.6. The Morgan fingerprint density at radius 1 is 1.35 bits per heavy atom. The predicted molar refractivity (Wildman–Crippen MR) is 70.5 cm³/mol. The van der Waals surface area contributed by atoms with Crippen LogP contribution in [0.25, 0.3) is 0 Å². The molecule has 0 fully saturated rings. The Labute approximate surface area is 104 Å². The molecule has 0 saturated heterocycles. The first kappa shape index (κ1) is 13.7. The van der Waals surface area contributed by atoms with E-state index in [0.717, 1.165) is 30.5 Å². The van der Waals surface area contributed by atoms with Crippen molar-refractivity contribution in [3.8, 4) is 5.88 Å². The molecular weight excluding hydrogens is 214 g/mol. The quantitative estimate of drug-likeness (QED) is 0.740. The molecule has 0 atom stereocenters. The van der Waals surface area contributed by atoms with Crippen LogP contribution in [0.2, 0.25) is 0 Å². The molecule has 1 aromatic rings.